The first-order valence-corrected chi connectivity index (χ1v) is 14.2. The van der Waals surface area contributed by atoms with E-state index < -0.39 is 29.8 Å². The minimum absolute atomic E-state index is 0.0466. The molecular weight excluding hydrogens is 546 g/mol. The fourth-order valence-electron chi connectivity index (χ4n) is 4.77. The SMILES string of the molecule is N=C(N)c1ccc(C[C@H](C(=O)N[C@@H](CCCN)C(=O)NC(CCCN=C(N)N)C(N)=O)c2ccc3ccccc3c2)cc1. The number of nitrogens with two attached hydrogens (primary N) is 5. The lowest BCUT2D eigenvalue weighted by atomic mass is 9.89. The van der Waals surface area contributed by atoms with Gasteiger partial charge < -0.3 is 39.3 Å². The van der Waals surface area contributed by atoms with Crippen molar-refractivity contribution < 1.29 is 14.4 Å². The average molecular weight is 588 g/mol. The molecule has 12 heteroatoms. The quantitative estimate of drug-likeness (QED) is 0.0676. The van der Waals surface area contributed by atoms with E-state index in [1.165, 1.54) is 0 Å². The largest absolute Gasteiger partial charge is 0.384 e. The lowest BCUT2D eigenvalue weighted by molar-refractivity contribution is -0.132. The van der Waals surface area contributed by atoms with Crippen LogP contribution in [0.5, 0.6) is 0 Å². The Hall–Kier alpha value is -4.97. The zero-order valence-corrected chi connectivity index (χ0v) is 24.1. The monoisotopic (exact) mass is 587 g/mol. The number of aliphatic imine (C=N–C) groups is 1. The van der Waals surface area contributed by atoms with Crippen LogP contribution in [-0.4, -0.2) is 54.7 Å². The van der Waals surface area contributed by atoms with Crippen LogP contribution in [0.15, 0.2) is 71.7 Å². The highest BCUT2D eigenvalue weighted by atomic mass is 16.2. The fourth-order valence-corrected chi connectivity index (χ4v) is 4.77. The number of hydrogen-bond donors (Lipinski definition) is 8. The van der Waals surface area contributed by atoms with Gasteiger partial charge in [0.25, 0.3) is 0 Å². The van der Waals surface area contributed by atoms with Crippen LogP contribution in [0.1, 0.15) is 48.3 Å². The molecule has 3 rings (SSSR count). The summed E-state index contributed by atoms with van der Waals surface area (Å²) in [6.45, 7) is 0.587. The van der Waals surface area contributed by atoms with Crippen molar-refractivity contribution in [3.05, 3.63) is 83.4 Å². The van der Waals surface area contributed by atoms with Gasteiger partial charge >= 0.3 is 0 Å². The predicted octanol–water partition coefficient (Wildman–Crippen LogP) is 0.698. The Morgan fingerprint density at radius 1 is 0.791 bits per heavy atom. The van der Waals surface area contributed by atoms with Crippen molar-refractivity contribution in [1.29, 1.82) is 5.41 Å². The van der Waals surface area contributed by atoms with Crippen LogP contribution in [0.3, 0.4) is 0 Å². The molecule has 0 bridgehead atoms. The molecule has 1 unspecified atom stereocenters. The normalized spacial score (nSPS) is 13.0. The minimum Gasteiger partial charge on any atom is -0.384 e. The number of fused-ring (bicyclic) bond motifs is 1. The Labute approximate surface area is 251 Å². The molecule has 0 heterocycles. The summed E-state index contributed by atoms with van der Waals surface area (Å²) in [5.41, 5.74) is 29.8. The maximum atomic E-state index is 13.9. The van der Waals surface area contributed by atoms with Gasteiger partial charge in [0.1, 0.15) is 17.9 Å². The van der Waals surface area contributed by atoms with Gasteiger partial charge in [0, 0.05) is 12.1 Å². The van der Waals surface area contributed by atoms with Gasteiger partial charge in [0.2, 0.25) is 17.7 Å². The van der Waals surface area contributed by atoms with E-state index in [-0.39, 0.29) is 37.1 Å². The van der Waals surface area contributed by atoms with Crippen molar-refractivity contribution in [3.63, 3.8) is 0 Å². The summed E-state index contributed by atoms with van der Waals surface area (Å²) >= 11 is 0. The summed E-state index contributed by atoms with van der Waals surface area (Å²) in [6.07, 6.45) is 1.72. The lowest BCUT2D eigenvalue weighted by Crippen LogP contribution is -2.53. The number of guanidine groups is 1. The summed E-state index contributed by atoms with van der Waals surface area (Å²) in [6, 6.07) is 18.9. The second kappa shape index (κ2) is 15.9. The minimum atomic E-state index is -0.963. The third-order valence-electron chi connectivity index (χ3n) is 7.13. The number of benzene rings is 3. The van der Waals surface area contributed by atoms with Crippen molar-refractivity contribution in [3.8, 4) is 0 Å². The average Bonchev–Trinajstić information content (AvgIpc) is 2.99. The smallest absolute Gasteiger partial charge is 0.243 e. The number of amides is 3. The van der Waals surface area contributed by atoms with E-state index in [0.717, 1.165) is 21.9 Å². The molecule has 12 nitrogen and oxygen atoms in total. The summed E-state index contributed by atoms with van der Waals surface area (Å²) in [4.78, 5) is 43.3. The van der Waals surface area contributed by atoms with Crippen LogP contribution < -0.4 is 39.3 Å². The summed E-state index contributed by atoms with van der Waals surface area (Å²) in [7, 11) is 0. The molecule has 13 N–H and O–H groups in total. The second-order valence-corrected chi connectivity index (χ2v) is 10.4. The van der Waals surface area contributed by atoms with Crippen LogP contribution >= 0.6 is 0 Å². The molecule has 0 saturated heterocycles. The van der Waals surface area contributed by atoms with E-state index in [2.05, 4.69) is 15.6 Å². The highest BCUT2D eigenvalue weighted by molar-refractivity contribution is 5.95. The molecule has 3 atom stereocenters. The number of hydrogen-bond acceptors (Lipinski definition) is 6. The molecule has 0 aliphatic carbocycles. The Morgan fingerprint density at radius 3 is 2.07 bits per heavy atom. The van der Waals surface area contributed by atoms with E-state index in [1.807, 2.05) is 54.6 Å². The number of carbonyl (C=O) groups excluding carboxylic acids is 3. The molecule has 0 fully saturated rings. The van der Waals surface area contributed by atoms with Crippen molar-refractivity contribution >= 4 is 40.3 Å². The number of amidine groups is 1. The predicted molar refractivity (Wildman–Crippen MR) is 169 cm³/mol. The summed E-state index contributed by atoms with van der Waals surface area (Å²) < 4.78 is 0. The van der Waals surface area contributed by atoms with Crippen molar-refractivity contribution in [1.82, 2.24) is 10.6 Å². The van der Waals surface area contributed by atoms with E-state index in [1.54, 1.807) is 12.1 Å². The molecule has 228 valence electrons. The van der Waals surface area contributed by atoms with Gasteiger partial charge in [-0.3, -0.25) is 24.8 Å². The van der Waals surface area contributed by atoms with Crippen LogP contribution in [0.2, 0.25) is 0 Å². The zero-order chi connectivity index (χ0) is 31.4. The number of nitrogens with one attached hydrogen (secondary N) is 3. The molecule has 3 aromatic rings. The number of nitrogens with zero attached hydrogens (tertiary/aromatic N) is 1. The molecular formula is C31H41N9O3. The van der Waals surface area contributed by atoms with Crippen molar-refractivity contribution in [2.75, 3.05) is 13.1 Å². The second-order valence-electron chi connectivity index (χ2n) is 10.4. The topological polar surface area (TPSA) is 242 Å². The van der Waals surface area contributed by atoms with Crippen LogP contribution in [-0.2, 0) is 20.8 Å². The van der Waals surface area contributed by atoms with Crippen LogP contribution in [0.4, 0.5) is 0 Å². The Morgan fingerprint density at radius 2 is 1.44 bits per heavy atom. The first-order valence-electron chi connectivity index (χ1n) is 14.2. The molecule has 0 radical (unpaired) electrons. The lowest BCUT2D eigenvalue weighted by Gasteiger charge is -2.25. The molecule has 0 saturated carbocycles. The van der Waals surface area contributed by atoms with Crippen LogP contribution in [0.25, 0.3) is 10.8 Å². The zero-order valence-electron chi connectivity index (χ0n) is 24.1. The van der Waals surface area contributed by atoms with Crippen LogP contribution in [0, 0.1) is 5.41 Å². The third-order valence-corrected chi connectivity index (χ3v) is 7.13. The number of rotatable bonds is 16. The standard InChI is InChI=1S/C31H41N9O3/c32-15-3-7-26(30(43)39-25(28(35)41)8-4-16-38-31(36)37)40-29(42)24(17-19-9-11-21(12-10-19)27(33)34)23-14-13-20-5-1-2-6-22(20)18-23/h1-2,5-6,9-14,18,24-26H,3-4,7-8,15-17,32H2,(H3,33,34)(H2,35,41)(H,39,43)(H,40,42)(H4,36,37,38)/t24-,25?,26-/m0/s1. The van der Waals surface area contributed by atoms with Crippen molar-refractivity contribution in [2.24, 2.45) is 33.7 Å². The first-order chi connectivity index (χ1) is 20.6. The van der Waals surface area contributed by atoms with E-state index in [9.17, 15) is 14.4 Å². The molecule has 3 amide bonds. The maximum absolute atomic E-state index is 13.9. The van der Waals surface area contributed by atoms with Gasteiger partial charge in [-0.25, -0.2) is 0 Å². The van der Waals surface area contributed by atoms with Gasteiger partial charge in [-0.1, -0.05) is 66.7 Å². The number of carbonyl (C=O) groups is 3. The summed E-state index contributed by atoms with van der Waals surface area (Å²) in [5.74, 6) is -2.35. The van der Waals surface area contributed by atoms with E-state index in [0.29, 0.717) is 31.4 Å². The van der Waals surface area contributed by atoms with Gasteiger partial charge in [-0.15, -0.1) is 0 Å². The van der Waals surface area contributed by atoms with Crippen molar-refractivity contribution in [2.45, 2.75) is 50.1 Å². The number of nitrogen functional groups attached to an aromatic ring is 1. The molecule has 0 spiro atoms. The highest BCUT2D eigenvalue weighted by Gasteiger charge is 2.29. The van der Waals surface area contributed by atoms with Gasteiger partial charge in [0.05, 0.1) is 5.92 Å². The van der Waals surface area contributed by atoms with E-state index >= 15 is 0 Å². The third kappa shape index (κ3) is 9.82. The van der Waals surface area contributed by atoms with Gasteiger partial charge in [0.15, 0.2) is 5.96 Å². The molecule has 0 aromatic heterocycles. The number of primary amides is 1. The Bertz CT molecular complexity index is 1450. The Balaban J connectivity index is 1.85. The fraction of sp³-hybridized carbons (Fsp3) is 0.323. The van der Waals surface area contributed by atoms with E-state index in [4.69, 9.17) is 34.1 Å². The summed E-state index contributed by atoms with van der Waals surface area (Å²) in [5, 5.41) is 15.3. The highest BCUT2D eigenvalue weighted by Crippen LogP contribution is 2.26. The molecule has 0 aliphatic heterocycles. The maximum Gasteiger partial charge on any atom is 0.243 e. The molecule has 3 aromatic carbocycles. The van der Waals surface area contributed by atoms with Gasteiger partial charge in [-0.05, 0) is 60.5 Å². The Kier molecular flexibility index (Phi) is 12.0. The first kappa shape index (κ1) is 32.5. The van der Waals surface area contributed by atoms with Gasteiger partial charge in [-0.2, -0.15) is 0 Å². The molecule has 43 heavy (non-hydrogen) atoms. The molecule has 0 aliphatic rings.